The minimum absolute atomic E-state index is 0. The van der Waals surface area contributed by atoms with Crippen LogP contribution in [0, 0.1) is 5.92 Å². The Morgan fingerprint density at radius 2 is 2.03 bits per heavy atom. The lowest BCUT2D eigenvalue weighted by atomic mass is 9.85. The first kappa shape index (κ1) is 26.4. The van der Waals surface area contributed by atoms with E-state index in [-0.39, 0.29) is 47.9 Å². The van der Waals surface area contributed by atoms with Gasteiger partial charge in [0.2, 0.25) is 17.6 Å². The summed E-state index contributed by atoms with van der Waals surface area (Å²) in [5.74, 6) is 2.01. The number of aliphatic imine (C=N–C) groups is 1. The molecule has 2 unspecified atom stereocenters. The zero-order chi connectivity index (χ0) is 22.2. The molecular weight excluding hydrogens is 543 g/mol. The summed E-state index contributed by atoms with van der Waals surface area (Å²) in [5, 5.41) is 14.5. The number of carbonyl (C=O) groups excluding carboxylic acids is 1. The molecule has 0 aliphatic heterocycles. The maximum absolute atomic E-state index is 12.3. The fraction of sp³-hybridized carbons (Fsp3) is 0.545. The third-order valence-corrected chi connectivity index (χ3v) is 5.49. The van der Waals surface area contributed by atoms with E-state index >= 15 is 0 Å². The van der Waals surface area contributed by atoms with Crippen LogP contribution in [0.4, 0.5) is 0 Å². The van der Waals surface area contributed by atoms with Crippen molar-refractivity contribution < 1.29 is 9.32 Å². The van der Waals surface area contributed by atoms with Gasteiger partial charge in [0.15, 0.2) is 5.96 Å². The first-order chi connectivity index (χ1) is 14.9. The second-order valence-corrected chi connectivity index (χ2v) is 8.57. The van der Waals surface area contributed by atoms with Crippen molar-refractivity contribution in [2.24, 2.45) is 10.9 Å². The average molecular weight is 575 g/mol. The summed E-state index contributed by atoms with van der Waals surface area (Å²) in [4.78, 5) is 21.1. The van der Waals surface area contributed by atoms with Gasteiger partial charge in [-0.1, -0.05) is 23.2 Å². The number of halogens is 2. The average Bonchev–Trinajstić information content (AvgIpc) is 3.22. The number of nitrogens with zero attached hydrogens (tertiary/aromatic N) is 3. The van der Waals surface area contributed by atoms with Crippen LogP contribution in [0.3, 0.4) is 0 Å². The molecule has 8 nitrogen and oxygen atoms in total. The van der Waals surface area contributed by atoms with E-state index in [0.717, 1.165) is 31.2 Å². The van der Waals surface area contributed by atoms with Gasteiger partial charge < -0.3 is 20.5 Å². The van der Waals surface area contributed by atoms with Gasteiger partial charge in [-0.25, -0.2) is 0 Å². The second kappa shape index (κ2) is 13.0. The zero-order valence-electron chi connectivity index (χ0n) is 18.7. The third kappa shape index (κ3) is 7.91. The molecule has 1 fully saturated rings. The topological polar surface area (TPSA) is 104 Å². The van der Waals surface area contributed by atoms with Crippen LogP contribution in [0.15, 0.2) is 33.8 Å². The minimum Gasteiger partial charge on any atom is -0.356 e. The lowest BCUT2D eigenvalue weighted by molar-refractivity contribution is -0.126. The Morgan fingerprint density at radius 1 is 1.28 bits per heavy atom. The predicted octanol–water partition coefficient (Wildman–Crippen LogP) is 3.80. The van der Waals surface area contributed by atoms with Crippen molar-refractivity contribution in [1.82, 2.24) is 26.1 Å². The van der Waals surface area contributed by atoms with Crippen molar-refractivity contribution in [1.29, 1.82) is 0 Å². The van der Waals surface area contributed by atoms with Crippen molar-refractivity contribution in [3.05, 3.63) is 35.2 Å². The Balaban J connectivity index is 0.00000363. The number of nitrogens with one attached hydrogen (secondary N) is 3. The summed E-state index contributed by atoms with van der Waals surface area (Å²) >= 11 is 5.92. The SMILES string of the molecule is CN=C(NCCc1nc(-c2ccc(Cl)cc2)no1)NC1CCCC(C(=O)NC(C)C)C1.I. The van der Waals surface area contributed by atoms with Crippen LogP contribution in [0.2, 0.25) is 5.02 Å². The van der Waals surface area contributed by atoms with E-state index in [1.54, 1.807) is 19.2 Å². The molecule has 0 spiro atoms. The standard InChI is InChI=1S/C22H31ClN6O2.HI/c1-14(2)26-21(30)16-5-4-6-18(13-16)27-22(24-3)25-12-11-19-28-20(29-31-19)15-7-9-17(23)10-8-15;/h7-10,14,16,18H,4-6,11-13H2,1-3H3,(H,26,30)(H2,24,25,27);1H. The lowest BCUT2D eigenvalue weighted by Crippen LogP contribution is -2.47. The van der Waals surface area contributed by atoms with Gasteiger partial charge in [-0.3, -0.25) is 9.79 Å². The van der Waals surface area contributed by atoms with Crippen molar-refractivity contribution in [3.8, 4) is 11.4 Å². The molecule has 3 N–H and O–H groups in total. The highest BCUT2D eigenvalue weighted by atomic mass is 127. The highest BCUT2D eigenvalue weighted by Gasteiger charge is 2.28. The molecule has 2 atom stereocenters. The molecule has 2 aromatic rings. The van der Waals surface area contributed by atoms with E-state index in [0.29, 0.717) is 35.7 Å². The van der Waals surface area contributed by atoms with Gasteiger partial charge in [0.25, 0.3) is 0 Å². The molecule has 0 bridgehead atoms. The molecule has 1 amide bonds. The summed E-state index contributed by atoms with van der Waals surface area (Å²) < 4.78 is 5.35. The van der Waals surface area contributed by atoms with Gasteiger partial charge in [-0.2, -0.15) is 4.98 Å². The van der Waals surface area contributed by atoms with Gasteiger partial charge in [-0.15, -0.1) is 24.0 Å². The molecule has 1 heterocycles. The number of carbonyl (C=O) groups is 1. The maximum atomic E-state index is 12.3. The van der Waals surface area contributed by atoms with Crippen LogP contribution < -0.4 is 16.0 Å². The molecule has 32 heavy (non-hydrogen) atoms. The van der Waals surface area contributed by atoms with Crippen molar-refractivity contribution in [2.75, 3.05) is 13.6 Å². The Labute approximate surface area is 211 Å². The summed E-state index contributed by atoms with van der Waals surface area (Å²) in [7, 11) is 1.74. The fourth-order valence-corrected chi connectivity index (χ4v) is 3.84. The number of aromatic nitrogens is 2. The number of rotatable bonds is 7. The predicted molar refractivity (Wildman–Crippen MR) is 137 cm³/mol. The van der Waals surface area contributed by atoms with Gasteiger partial charge >= 0.3 is 0 Å². The van der Waals surface area contributed by atoms with Crippen LogP contribution in [-0.2, 0) is 11.2 Å². The molecule has 10 heteroatoms. The Kier molecular flexibility index (Phi) is 10.7. The molecule has 3 rings (SSSR count). The number of amides is 1. The highest BCUT2D eigenvalue weighted by Crippen LogP contribution is 2.24. The van der Waals surface area contributed by atoms with Crippen molar-refractivity contribution in [2.45, 2.75) is 58.0 Å². The first-order valence-electron chi connectivity index (χ1n) is 10.8. The highest BCUT2D eigenvalue weighted by molar-refractivity contribution is 14.0. The molecule has 176 valence electrons. The number of guanidine groups is 1. The van der Waals surface area contributed by atoms with Crippen LogP contribution in [0.25, 0.3) is 11.4 Å². The molecule has 0 saturated heterocycles. The molecule has 1 aromatic carbocycles. The van der Waals surface area contributed by atoms with E-state index in [9.17, 15) is 4.79 Å². The minimum atomic E-state index is 0. The van der Waals surface area contributed by atoms with E-state index in [4.69, 9.17) is 16.1 Å². The van der Waals surface area contributed by atoms with Crippen LogP contribution in [0.5, 0.6) is 0 Å². The third-order valence-electron chi connectivity index (χ3n) is 5.24. The van der Waals surface area contributed by atoms with Gasteiger partial charge in [0.1, 0.15) is 0 Å². The van der Waals surface area contributed by atoms with E-state index in [1.807, 2.05) is 26.0 Å². The van der Waals surface area contributed by atoms with E-state index in [2.05, 4.69) is 31.1 Å². The number of hydrogen-bond acceptors (Lipinski definition) is 5. The maximum Gasteiger partial charge on any atom is 0.228 e. The zero-order valence-corrected chi connectivity index (χ0v) is 21.8. The monoisotopic (exact) mass is 574 g/mol. The Morgan fingerprint density at radius 3 is 2.72 bits per heavy atom. The molecule has 1 aliphatic rings. The smallest absolute Gasteiger partial charge is 0.228 e. The van der Waals surface area contributed by atoms with E-state index < -0.39 is 0 Å². The van der Waals surface area contributed by atoms with Crippen molar-refractivity contribution in [3.63, 3.8) is 0 Å². The fourth-order valence-electron chi connectivity index (χ4n) is 3.71. The van der Waals surface area contributed by atoms with Gasteiger partial charge in [0.05, 0.1) is 0 Å². The molecule has 1 saturated carbocycles. The molecule has 0 radical (unpaired) electrons. The Hall–Kier alpha value is -1.88. The van der Waals surface area contributed by atoms with Gasteiger partial charge in [0, 0.05) is 48.6 Å². The summed E-state index contributed by atoms with van der Waals surface area (Å²) in [5.41, 5.74) is 0.859. The summed E-state index contributed by atoms with van der Waals surface area (Å²) in [6.45, 7) is 4.58. The van der Waals surface area contributed by atoms with Crippen LogP contribution >= 0.6 is 35.6 Å². The number of hydrogen-bond donors (Lipinski definition) is 3. The normalized spacial score (nSPS) is 18.7. The van der Waals surface area contributed by atoms with Crippen LogP contribution in [-0.4, -0.2) is 47.7 Å². The van der Waals surface area contributed by atoms with Crippen LogP contribution in [0.1, 0.15) is 45.4 Å². The van der Waals surface area contributed by atoms with Crippen molar-refractivity contribution >= 4 is 47.4 Å². The quantitative estimate of drug-likeness (QED) is 0.264. The summed E-state index contributed by atoms with van der Waals surface area (Å²) in [6, 6.07) is 7.71. The second-order valence-electron chi connectivity index (χ2n) is 8.14. The molecule has 1 aromatic heterocycles. The number of benzene rings is 1. The lowest BCUT2D eigenvalue weighted by Gasteiger charge is -2.30. The first-order valence-corrected chi connectivity index (χ1v) is 11.2. The summed E-state index contributed by atoms with van der Waals surface area (Å²) in [6.07, 6.45) is 4.38. The molecule has 1 aliphatic carbocycles. The van der Waals surface area contributed by atoms with E-state index in [1.165, 1.54) is 0 Å². The molecular formula is C22H32ClIN6O2. The Bertz CT molecular complexity index is 887. The van der Waals surface area contributed by atoms with Gasteiger partial charge in [-0.05, 0) is 57.4 Å². The largest absolute Gasteiger partial charge is 0.356 e.